The highest BCUT2D eigenvalue weighted by Gasteiger charge is 2.07. The maximum Gasteiger partial charge on any atom is 0.138 e. The molecule has 0 aliphatic carbocycles. The lowest BCUT2D eigenvalue weighted by Crippen LogP contribution is -2.23. The van der Waals surface area contributed by atoms with Gasteiger partial charge >= 0.3 is 0 Å². The highest BCUT2D eigenvalue weighted by molar-refractivity contribution is 6.32. The second-order valence-corrected chi connectivity index (χ2v) is 3.95. The summed E-state index contributed by atoms with van der Waals surface area (Å²) >= 11 is 5.95. The lowest BCUT2D eigenvalue weighted by atomic mass is 10.2. The average molecular weight is 261 g/mol. The summed E-state index contributed by atoms with van der Waals surface area (Å²) in [5.41, 5.74) is 0.720. The Bertz CT molecular complexity index is 343. The van der Waals surface area contributed by atoms with E-state index in [0.717, 1.165) is 5.56 Å². The summed E-state index contributed by atoms with van der Waals surface area (Å²) in [6.45, 7) is 2.72. The molecule has 0 fully saturated rings. The molecule has 0 saturated heterocycles. The number of benzene rings is 1. The molecule has 17 heavy (non-hydrogen) atoms. The number of hydrogen-bond donors (Lipinski definition) is 2. The molecule has 96 valence electrons. The summed E-state index contributed by atoms with van der Waals surface area (Å²) in [7, 11) is 0. The zero-order valence-corrected chi connectivity index (χ0v) is 10.5. The van der Waals surface area contributed by atoms with Crippen molar-refractivity contribution in [2.24, 2.45) is 0 Å². The zero-order chi connectivity index (χ0) is 12.7. The van der Waals surface area contributed by atoms with Gasteiger partial charge in [0.1, 0.15) is 18.5 Å². The fourth-order valence-corrected chi connectivity index (χ4v) is 1.51. The summed E-state index contributed by atoms with van der Waals surface area (Å²) in [4.78, 5) is 0. The second-order valence-electron chi connectivity index (χ2n) is 3.55. The molecule has 1 aromatic rings. The molecule has 0 aliphatic heterocycles. The molecule has 1 aromatic carbocycles. The van der Waals surface area contributed by atoms with Crippen molar-refractivity contribution in [1.82, 2.24) is 0 Å². The van der Waals surface area contributed by atoms with Crippen LogP contribution in [0.3, 0.4) is 0 Å². The van der Waals surface area contributed by atoms with Gasteiger partial charge in [0.25, 0.3) is 0 Å². The van der Waals surface area contributed by atoms with Crippen LogP contribution in [0.1, 0.15) is 12.5 Å². The summed E-state index contributed by atoms with van der Waals surface area (Å²) in [5.74, 6) is 0.486. The Hall–Kier alpha value is -0.810. The predicted molar refractivity (Wildman–Crippen MR) is 65.4 cm³/mol. The molecule has 5 heteroatoms. The standard InChI is InChI=1S/C12H17ClO4/c1-2-16-7-10(15)8-17-12-4-3-9(6-14)5-11(12)13/h3-5,10,14-15H,2,6-8H2,1H3. The molecule has 0 aromatic heterocycles. The maximum atomic E-state index is 9.50. The molecule has 0 heterocycles. The van der Waals surface area contributed by atoms with Crippen LogP contribution in [0.5, 0.6) is 5.75 Å². The summed E-state index contributed by atoms with van der Waals surface area (Å²) in [6.07, 6.45) is -0.677. The first-order valence-corrected chi connectivity index (χ1v) is 5.83. The number of ether oxygens (including phenoxy) is 2. The lowest BCUT2D eigenvalue weighted by molar-refractivity contribution is 0.0164. The van der Waals surface area contributed by atoms with Gasteiger partial charge in [0.05, 0.1) is 18.2 Å². The Morgan fingerprint density at radius 2 is 2.12 bits per heavy atom. The van der Waals surface area contributed by atoms with E-state index < -0.39 is 6.10 Å². The van der Waals surface area contributed by atoms with E-state index in [4.69, 9.17) is 26.2 Å². The van der Waals surface area contributed by atoms with E-state index in [1.54, 1.807) is 18.2 Å². The van der Waals surface area contributed by atoms with Crippen molar-refractivity contribution >= 4 is 11.6 Å². The van der Waals surface area contributed by atoms with Gasteiger partial charge in [0, 0.05) is 6.61 Å². The third-order valence-corrected chi connectivity index (χ3v) is 2.42. The average Bonchev–Trinajstić information content (AvgIpc) is 2.34. The van der Waals surface area contributed by atoms with Gasteiger partial charge in [-0.2, -0.15) is 0 Å². The monoisotopic (exact) mass is 260 g/mol. The van der Waals surface area contributed by atoms with Crippen molar-refractivity contribution in [2.45, 2.75) is 19.6 Å². The smallest absolute Gasteiger partial charge is 0.138 e. The minimum Gasteiger partial charge on any atom is -0.489 e. The van der Waals surface area contributed by atoms with Gasteiger partial charge in [-0.25, -0.2) is 0 Å². The van der Waals surface area contributed by atoms with Crippen molar-refractivity contribution in [3.05, 3.63) is 28.8 Å². The first-order chi connectivity index (χ1) is 8.17. The molecule has 0 amide bonds. The number of aliphatic hydroxyl groups is 2. The van der Waals surface area contributed by atoms with Gasteiger partial charge in [-0.1, -0.05) is 17.7 Å². The highest BCUT2D eigenvalue weighted by Crippen LogP contribution is 2.25. The molecule has 0 saturated carbocycles. The van der Waals surface area contributed by atoms with E-state index in [1.807, 2.05) is 6.92 Å². The fraction of sp³-hybridized carbons (Fsp3) is 0.500. The normalized spacial score (nSPS) is 12.5. The molecule has 0 radical (unpaired) electrons. The first-order valence-electron chi connectivity index (χ1n) is 5.45. The SMILES string of the molecule is CCOCC(O)COc1ccc(CO)cc1Cl. The van der Waals surface area contributed by atoms with Crippen LogP contribution in [-0.4, -0.2) is 36.1 Å². The van der Waals surface area contributed by atoms with E-state index >= 15 is 0 Å². The van der Waals surface area contributed by atoms with Crippen LogP contribution < -0.4 is 4.74 Å². The quantitative estimate of drug-likeness (QED) is 0.782. The fourth-order valence-electron chi connectivity index (χ4n) is 1.25. The molecule has 0 spiro atoms. The van der Waals surface area contributed by atoms with Crippen LogP contribution in [-0.2, 0) is 11.3 Å². The Morgan fingerprint density at radius 1 is 1.35 bits per heavy atom. The Kier molecular flexibility index (Phi) is 6.29. The molecule has 1 rings (SSSR count). The largest absolute Gasteiger partial charge is 0.489 e. The number of hydrogen-bond acceptors (Lipinski definition) is 4. The second kappa shape index (κ2) is 7.50. The molecule has 0 bridgehead atoms. The van der Waals surface area contributed by atoms with Gasteiger partial charge < -0.3 is 19.7 Å². The van der Waals surface area contributed by atoms with Crippen molar-refractivity contribution in [3.8, 4) is 5.75 Å². The van der Waals surface area contributed by atoms with Crippen molar-refractivity contribution in [3.63, 3.8) is 0 Å². The molecule has 2 N–H and O–H groups in total. The first kappa shape index (κ1) is 14.3. The van der Waals surface area contributed by atoms with E-state index in [0.29, 0.717) is 17.4 Å². The number of rotatable bonds is 7. The summed E-state index contributed by atoms with van der Waals surface area (Å²) in [5, 5.41) is 18.8. The van der Waals surface area contributed by atoms with Gasteiger partial charge in [0.15, 0.2) is 0 Å². The molecule has 1 unspecified atom stereocenters. The summed E-state index contributed by atoms with van der Waals surface area (Å²) < 4.78 is 10.4. The van der Waals surface area contributed by atoms with Gasteiger partial charge in [-0.15, -0.1) is 0 Å². The van der Waals surface area contributed by atoms with Crippen LogP contribution >= 0.6 is 11.6 Å². The number of halogens is 1. The number of aliphatic hydroxyl groups excluding tert-OH is 2. The molecule has 1 atom stereocenters. The van der Waals surface area contributed by atoms with Gasteiger partial charge in [0.2, 0.25) is 0 Å². The van der Waals surface area contributed by atoms with E-state index in [1.165, 1.54) is 0 Å². The maximum absolute atomic E-state index is 9.50. The summed E-state index contributed by atoms with van der Waals surface area (Å²) in [6, 6.07) is 5.02. The van der Waals surface area contributed by atoms with Crippen molar-refractivity contribution in [2.75, 3.05) is 19.8 Å². The van der Waals surface area contributed by atoms with Gasteiger partial charge in [-0.3, -0.25) is 0 Å². The van der Waals surface area contributed by atoms with E-state index in [-0.39, 0.29) is 19.8 Å². The van der Waals surface area contributed by atoms with E-state index in [9.17, 15) is 5.11 Å². The Labute approximate surface area is 106 Å². The minimum atomic E-state index is -0.677. The van der Waals surface area contributed by atoms with Crippen LogP contribution in [0.4, 0.5) is 0 Å². The molecular formula is C12H17ClO4. The van der Waals surface area contributed by atoms with Crippen LogP contribution in [0.15, 0.2) is 18.2 Å². The van der Waals surface area contributed by atoms with Crippen molar-refractivity contribution < 1.29 is 19.7 Å². The minimum absolute atomic E-state index is 0.0625. The third kappa shape index (κ3) is 4.91. The molecular weight excluding hydrogens is 244 g/mol. The van der Waals surface area contributed by atoms with Crippen LogP contribution in [0.25, 0.3) is 0 Å². The zero-order valence-electron chi connectivity index (χ0n) is 9.73. The van der Waals surface area contributed by atoms with E-state index in [2.05, 4.69) is 0 Å². The topological polar surface area (TPSA) is 58.9 Å². The molecule has 0 aliphatic rings. The highest BCUT2D eigenvalue weighted by atomic mass is 35.5. The Balaban J connectivity index is 2.46. The van der Waals surface area contributed by atoms with Crippen LogP contribution in [0.2, 0.25) is 5.02 Å². The van der Waals surface area contributed by atoms with Crippen LogP contribution in [0, 0.1) is 0 Å². The van der Waals surface area contributed by atoms with Gasteiger partial charge in [-0.05, 0) is 24.6 Å². The lowest BCUT2D eigenvalue weighted by Gasteiger charge is -2.13. The third-order valence-electron chi connectivity index (χ3n) is 2.12. The Morgan fingerprint density at radius 3 is 2.71 bits per heavy atom. The molecule has 4 nitrogen and oxygen atoms in total. The predicted octanol–water partition coefficient (Wildman–Crippen LogP) is 1.61. The van der Waals surface area contributed by atoms with Crippen molar-refractivity contribution in [1.29, 1.82) is 0 Å².